The maximum Gasteiger partial charge on any atom is 0.418 e. The normalized spacial score (nSPS) is 18.9. The second-order valence-corrected chi connectivity index (χ2v) is 7.66. The number of benzene rings is 1. The highest BCUT2D eigenvalue weighted by molar-refractivity contribution is 5.91. The zero-order chi connectivity index (χ0) is 18.1. The van der Waals surface area contributed by atoms with Crippen LogP contribution >= 0.6 is 0 Å². The van der Waals surface area contributed by atoms with Gasteiger partial charge >= 0.3 is 6.09 Å². The quantitative estimate of drug-likeness (QED) is 0.793. The van der Waals surface area contributed by atoms with E-state index in [4.69, 9.17) is 9.47 Å². The topological polar surface area (TPSA) is 46.9 Å². The van der Waals surface area contributed by atoms with Crippen molar-refractivity contribution < 1.29 is 14.3 Å². The summed E-state index contributed by atoms with van der Waals surface area (Å²) in [5, 5.41) is 1.12. The Labute approximate surface area is 154 Å². The number of hydrogen-bond donors (Lipinski definition) is 0. The fourth-order valence-corrected chi connectivity index (χ4v) is 3.86. The molecule has 2 aliphatic rings. The lowest BCUT2D eigenvalue weighted by molar-refractivity contribution is -0.194. The molecule has 3 heterocycles. The second kappa shape index (κ2) is 7.02. The Morgan fingerprint density at radius 1 is 1.31 bits per heavy atom. The van der Waals surface area contributed by atoms with Gasteiger partial charge in [0.25, 0.3) is 0 Å². The first-order valence-electron chi connectivity index (χ1n) is 9.33. The van der Waals surface area contributed by atoms with Crippen LogP contribution in [-0.4, -0.2) is 79.5 Å². The van der Waals surface area contributed by atoms with Gasteiger partial charge in [0.2, 0.25) is 0 Å². The molecule has 6 heteroatoms. The van der Waals surface area contributed by atoms with Crippen molar-refractivity contribution in [2.24, 2.45) is 0 Å². The highest BCUT2D eigenvalue weighted by atomic mass is 16.5. The van der Waals surface area contributed by atoms with E-state index in [1.165, 1.54) is 12.0 Å². The molecule has 0 amide bonds. The summed E-state index contributed by atoms with van der Waals surface area (Å²) in [4.78, 5) is 17.2. The number of carbonyl (C=O) groups is 1. The lowest BCUT2D eigenvalue weighted by Gasteiger charge is -2.57. The fraction of sp³-hybridized carbons (Fsp3) is 0.550. The Kier molecular flexibility index (Phi) is 4.73. The van der Waals surface area contributed by atoms with Gasteiger partial charge in [-0.15, -0.1) is 0 Å². The number of hydrogen-bond acceptors (Lipinski definition) is 5. The number of nitrogens with zero attached hydrogens (tertiary/aromatic N) is 3. The highest BCUT2D eigenvalue weighted by Crippen LogP contribution is 2.36. The molecular formula is C20H27N3O3. The molecule has 0 N–H and O–H groups in total. The summed E-state index contributed by atoms with van der Waals surface area (Å²) in [5.41, 5.74) is 2.34. The molecule has 2 fully saturated rings. The predicted octanol–water partition coefficient (Wildman–Crippen LogP) is 2.20. The molecule has 0 unspecified atom stereocenters. The van der Waals surface area contributed by atoms with Crippen LogP contribution in [0.25, 0.3) is 10.9 Å². The van der Waals surface area contributed by atoms with Crippen LogP contribution in [0.2, 0.25) is 0 Å². The van der Waals surface area contributed by atoms with Gasteiger partial charge < -0.3 is 14.4 Å². The molecule has 0 aliphatic carbocycles. The van der Waals surface area contributed by atoms with Crippen molar-refractivity contribution in [3.05, 3.63) is 36.0 Å². The number of carbonyl (C=O) groups excluding carboxylic acids is 1. The smallest absolute Gasteiger partial charge is 0.418 e. The van der Waals surface area contributed by atoms with E-state index in [9.17, 15) is 4.79 Å². The summed E-state index contributed by atoms with van der Waals surface area (Å²) >= 11 is 0. The zero-order valence-electron chi connectivity index (χ0n) is 15.6. The molecule has 0 saturated carbocycles. The van der Waals surface area contributed by atoms with Crippen LogP contribution in [0.1, 0.15) is 12.0 Å². The Hall–Kier alpha value is -1.89. The van der Waals surface area contributed by atoms with Crippen LogP contribution in [0.15, 0.2) is 30.5 Å². The standard InChI is InChI=1S/C20H27N3O3/c1-21(2)9-7-16-13-23(18-6-4-3-5-17(16)18)19(24)26-12-11-22-10-8-20(22)14-25-15-20/h3-6,13H,7-12,14-15H2,1-2H3. The average molecular weight is 357 g/mol. The van der Waals surface area contributed by atoms with Crippen LogP contribution in [0, 0.1) is 0 Å². The molecule has 1 aromatic carbocycles. The van der Waals surface area contributed by atoms with Crippen LogP contribution in [0.3, 0.4) is 0 Å². The molecule has 1 spiro atoms. The minimum atomic E-state index is -0.295. The SMILES string of the molecule is CN(C)CCc1cn(C(=O)OCCN2CCC23COC3)c2ccccc12. The minimum Gasteiger partial charge on any atom is -0.448 e. The minimum absolute atomic E-state index is 0.242. The van der Waals surface area contributed by atoms with Crippen LogP contribution in [-0.2, 0) is 15.9 Å². The van der Waals surface area contributed by atoms with E-state index in [0.717, 1.165) is 50.2 Å². The van der Waals surface area contributed by atoms with Gasteiger partial charge in [-0.2, -0.15) is 0 Å². The third-order valence-corrected chi connectivity index (χ3v) is 5.67. The molecule has 0 atom stereocenters. The van der Waals surface area contributed by atoms with Crippen LogP contribution < -0.4 is 0 Å². The summed E-state index contributed by atoms with van der Waals surface area (Å²) < 4.78 is 12.6. The number of aromatic nitrogens is 1. The predicted molar refractivity (Wildman–Crippen MR) is 101 cm³/mol. The molecule has 26 heavy (non-hydrogen) atoms. The van der Waals surface area contributed by atoms with E-state index in [2.05, 4.69) is 30.0 Å². The van der Waals surface area contributed by atoms with Crippen molar-refractivity contribution in [2.75, 3.05) is 53.6 Å². The Morgan fingerprint density at radius 3 is 2.77 bits per heavy atom. The number of fused-ring (bicyclic) bond motifs is 1. The Balaban J connectivity index is 1.41. The van der Waals surface area contributed by atoms with Gasteiger partial charge in [-0.1, -0.05) is 18.2 Å². The maximum absolute atomic E-state index is 12.6. The summed E-state index contributed by atoms with van der Waals surface area (Å²) in [6.45, 7) is 4.85. The lowest BCUT2D eigenvalue weighted by atomic mass is 9.83. The number of ether oxygens (including phenoxy) is 2. The molecule has 0 radical (unpaired) electrons. The Bertz CT molecular complexity index is 789. The number of likely N-dealkylation sites (tertiary alicyclic amines) is 1. The van der Waals surface area contributed by atoms with Crippen molar-refractivity contribution in [3.8, 4) is 0 Å². The number of likely N-dealkylation sites (N-methyl/N-ethyl adjacent to an activating group) is 1. The van der Waals surface area contributed by atoms with Gasteiger partial charge in [0.15, 0.2) is 0 Å². The summed E-state index contributed by atoms with van der Waals surface area (Å²) in [6.07, 6.45) is 3.74. The summed E-state index contributed by atoms with van der Waals surface area (Å²) in [5.74, 6) is 0. The number of rotatable bonds is 6. The van der Waals surface area contributed by atoms with Gasteiger partial charge in [-0.05, 0) is 38.6 Å². The molecule has 2 aliphatic heterocycles. The zero-order valence-corrected chi connectivity index (χ0v) is 15.6. The van der Waals surface area contributed by atoms with Crippen LogP contribution in [0.5, 0.6) is 0 Å². The highest BCUT2D eigenvalue weighted by Gasteiger charge is 2.50. The summed E-state index contributed by atoms with van der Waals surface area (Å²) in [6, 6.07) is 8.03. The van der Waals surface area contributed by atoms with Crippen LogP contribution in [0.4, 0.5) is 4.79 Å². The molecule has 6 nitrogen and oxygen atoms in total. The van der Waals surface area contributed by atoms with E-state index in [1.54, 1.807) is 4.57 Å². The molecule has 140 valence electrons. The Morgan fingerprint density at radius 2 is 2.12 bits per heavy atom. The molecule has 4 rings (SSSR count). The first-order chi connectivity index (χ1) is 12.6. The number of para-hydroxylation sites is 1. The van der Waals surface area contributed by atoms with E-state index in [-0.39, 0.29) is 11.6 Å². The first kappa shape index (κ1) is 17.5. The molecule has 2 aromatic rings. The second-order valence-electron chi connectivity index (χ2n) is 7.66. The van der Waals surface area contributed by atoms with E-state index >= 15 is 0 Å². The van der Waals surface area contributed by atoms with Gasteiger partial charge in [0.05, 0.1) is 24.3 Å². The maximum atomic E-state index is 12.6. The molecule has 2 saturated heterocycles. The average Bonchev–Trinajstić information content (AvgIpc) is 2.93. The van der Waals surface area contributed by atoms with Crippen molar-refractivity contribution >= 4 is 17.0 Å². The third kappa shape index (κ3) is 3.13. The molecule has 1 aromatic heterocycles. The van der Waals surface area contributed by atoms with E-state index in [0.29, 0.717) is 6.61 Å². The van der Waals surface area contributed by atoms with E-state index < -0.39 is 0 Å². The lowest BCUT2D eigenvalue weighted by Crippen LogP contribution is -2.71. The monoisotopic (exact) mass is 357 g/mol. The van der Waals surface area contributed by atoms with E-state index in [1.807, 2.05) is 24.4 Å². The van der Waals surface area contributed by atoms with Gasteiger partial charge in [-0.3, -0.25) is 9.47 Å². The largest absolute Gasteiger partial charge is 0.448 e. The molecular weight excluding hydrogens is 330 g/mol. The first-order valence-corrected chi connectivity index (χ1v) is 9.33. The summed E-state index contributed by atoms with van der Waals surface area (Å²) in [7, 11) is 4.12. The fourth-order valence-electron chi connectivity index (χ4n) is 3.86. The third-order valence-electron chi connectivity index (χ3n) is 5.67. The van der Waals surface area contributed by atoms with Gasteiger partial charge in [0.1, 0.15) is 6.61 Å². The van der Waals surface area contributed by atoms with Crippen molar-refractivity contribution in [1.29, 1.82) is 0 Å². The molecule has 0 bridgehead atoms. The van der Waals surface area contributed by atoms with Gasteiger partial charge in [0, 0.05) is 31.2 Å². The van der Waals surface area contributed by atoms with Gasteiger partial charge in [-0.25, -0.2) is 4.79 Å². The van der Waals surface area contributed by atoms with Crippen molar-refractivity contribution in [3.63, 3.8) is 0 Å². The van der Waals surface area contributed by atoms with Crippen molar-refractivity contribution in [1.82, 2.24) is 14.4 Å². The van der Waals surface area contributed by atoms with Crippen molar-refractivity contribution in [2.45, 2.75) is 18.4 Å².